The predicted molar refractivity (Wildman–Crippen MR) is 123 cm³/mol. The number of nitrogens with one attached hydrogen (secondary N) is 2. The molecule has 0 spiro atoms. The first kappa shape index (κ1) is 30.5. The molecule has 0 aliphatic heterocycles. The number of rotatable bonds is 11. The van der Waals surface area contributed by atoms with Crippen LogP contribution in [0.3, 0.4) is 0 Å². The van der Waals surface area contributed by atoms with Crippen LogP contribution in [-0.4, -0.2) is 54.5 Å². The Kier molecular flexibility index (Phi) is 12.7. The van der Waals surface area contributed by atoms with Crippen molar-refractivity contribution in [2.24, 2.45) is 10.2 Å². The van der Waals surface area contributed by atoms with Crippen molar-refractivity contribution in [3.63, 3.8) is 0 Å². The summed E-state index contributed by atoms with van der Waals surface area (Å²) < 4.78 is 35.0. The number of hydrogen-bond donors (Lipinski definition) is 4. The molecule has 34 heavy (non-hydrogen) atoms. The van der Waals surface area contributed by atoms with E-state index in [-0.39, 0.29) is 75.7 Å². The smallest absolute Gasteiger partial charge is 0.744 e. The maximum Gasteiger partial charge on any atom is 1.00 e. The molecule has 178 valence electrons. The largest absolute Gasteiger partial charge is 1.00 e. The maximum absolute atomic E-state index is 11.7. The van der Waals surface area contributed by atoms with Crippen molar-refractivity contribution >= 4 is 56.3 Å². The molecule has 1 aromatic carbocycles. The standard InChI is InChI=1S/C19H22Cl2N6O5S.Na/c1-11-13(10-22)18(23-4-2-6-28)25-19(24-5-3-7-29)16(11)26-27-17-14(21)8-12(20)9-15(17)33(30,31)32;/h8-9,28-29H,2-7H2,1H3,(H2,23,24,25)(H,30,31,32);/q;+1/p-1. The van der Waals surface area contributed by atoms with Gasteiger partial charge in [-0.2, -0.15) is 5.26 Å². The van der Waals surface area contributed by atoms with Gasteiger partial charge < -0.3 is 25.4 Å². The van der Waals surface area contributed by atoms with Crippen molar-refractivity contribution < 1.29 is 52.7 Å². The Labute approximate surface area is 229 Å². The van der Waals surface area contributed by atoms with Crippen LogP contribution in [0.5, 0.6) is 0 Å². The number of anilines is 2. The zero-order chi connectivity index (χ0) is 24.6. The van der Waals surface area contributed by atoms with Gasteiger partial charge in [-0.1, -0.05) is 23.2 Å². The summed E-state index contributed by atoms with van der Waals surface area (Å²) >= 11 is 11.9. The van der Waals surface area contributed by atoms with Crippen molar-refractivity contribution in [1.82, 2.24) is 4.98 Å². The van der Waals surface area contributed by atoms with E-state index in [4.69, 9.17) is 33.4 Å². The number of nitrogens with zero attached hydrogens (tertiary/aromatic N) is 4. The minimum atomic E-state index is -4.97. The molecular formula is C19H21Cl2N6NaO5S. The van der Waals surface area contributed by atoms with E-state index in [1.165, 1.54) is 6.07 Å². The van der Waals surface area contributed by atoms with Gasteiger partial charge in [0.05, 0.1) is 15.5 Å². The summed E-state index contributed by atoms with van der Waals surface area (Å²) in [5.74, 6) is 0.452. The van der Waals surface area contributed by atoms with Gasteiger partial charge in [0.25, 0.3) is 0 Å². The number of nitriles is 1. The first-order valence-electron chi connectivity index (χ1n) is 9.64. The Balaban J connectivity index is 0.00000578. The molecule has 0 bridgehead atoms. The van der Waals surface area contributed by atoms with E-state index in [9.17, 15) is 18.2 Å². The fourth-order valence-corrected chi connectivity index (χ4v) is 4.02. The number of azo groups is 1. The van der Waals surface area contributed by atoms with E-state index in [2.05, 4.69) is 25.8 Å². The van der Waals surface area contributed by atoms with E-state index in [0.29, 0.717) is 31.5 Å². The zero-order valence-electron chi connectivity index (χ0n) is 18.5. The average Bonchev–Trinajstić information content (AvgIpc) is 2.74. The van der Waals surface area contributed by atoms with Crippen LogP contribution in [0.1, 0.15) is 24.0 Å². The van der Waals surface area contributed by atoms with Gasteiger partial charge in [0.1, 0.15) is 33.4 Å². The van der Waals surface area contributed by atoms with E-state index in [0.717, 1.165) is 6.07 Å². The molecule has 15 heteroatoms. The molecular weight excluding hydrogens is 518 g/mol. The molecule has 2 rings (SSSR count). The first-order valence-corrected chi connectivity index (χ1v) is 11.8. The predicted octanol–water partition coefficient (Wildman–Crippen LogP) is 0.481. The second kappa shape index (κ2) is 14.1. The van der Waals surface area contributed by atoms with Gasteiger partial charge in [-0.15, -0.1) is 10.2 Å². The normalized spacial score (nSPS) is 11.2. The van der Waals surface area contributed by atoms with E-state index >= 15 is 0 Å². The second-order valence-electron chi connectivity index (χ2n) is 6.67. The summed E-state index contributed by atoms with van der Waals surface area (Å²) in [6, 6.07) is 4.17. The van der Waals surface area contributed by atoms with Crippen LogP contribution in [0.15, 0.2) is 27.3 Å². The fraction of sp³-hybridized carbons (Fsp3) is 0.368. The topological polar surface area (TPSA) is 183 Å². The SMILES string of the molecule is Cc1c(C#N)c(NCCCO)nc(NCCCO)c1N=Nc1c(Cl)cc(Cl)cc1S(=O)(=O)[O-].[Na+]. The Morgan fingerprint density at radius 3 is 2.18 bits per heavy atom. The Hall–Kier alpha value is -1.53. The molecule has 4 N–H and O–H groups in total. The van der Waals surface area contributed by atoms with Crippen LogP contribution < -0.4 is 40.2 Å². The third kappa shape index (κ3) is 8.01. The molecule has 11 nitrogen and oxygen atoms in total. The molecule has 1 aromatic heterocycles. The van der Waals surface area contributed by atoms with Crippen molar-refractivity contribution in [2.75, 3.05) is 36.9 Å². The van der Waals surface area contributed by atoms with Crippen molar-refractivity contribution in [1.29, 1.82) is 5.26 Å². The molecule has 0 aliphatic carbocycles. The van der Waals surface area contributed by atoms with Gasteiger partial charge in [-0.05, 0) is 31.9 Å². The minimum Gasteiger partial charge on any atom is -0.744 e. The van der Waals surface area contributed by atoms with Crippen LogP contribution in [0.4, 0.5) is 23.0 Å². The van der Waals surface area contributed by atoms with E-state index < -0.39 is 20.7 Å². The van der Waals surface area contributed by atoms with Gasteiger partial charge in [-0.25, -0.2) is 13.4 Å². The van der Waals surface area contributed by atoms with Gasteiger partial charge in [0.2, 0.25) is 0 Å². The second-order valence-corrected chi connectivity index (χ2v) is 8.86. The number of pyridine rings is 1. The monoisotopic (exact) mass is 538 g/mol. The number of aromatic nitrogens is 1. The summed E-state index contributed by atoms with van der Waals surface area (Å²) in [4.78, 5) is 3.63. The molecule has 0 saturated carbocycles. The van der Waals surface area contributed by atoms with Crippen molar-refractivity contribution in [2.45, 2.75) is 24.7 Å². The number of aliphatic hydroxyl groups excluding tert-OH is 2. The van der Waals surface area contributed by atoms with Crippen LogP contribution in [-0.2, 0) is 10.1 Å². The number of benzene rings is 1. The third-order valence-corrected chi connectivity index (χ3v) is 5.65. The van der Waals surface area contributed by atoms with E-state index in [1.807, 2.05) is 6.07 Å². The van der Waals surface area contributed by atoms with Crippen LogP contribution >= 0.6 is 23.2 Å². The molecule has 0 aliphatic rings. The Morgan fingerprint density at radius 2 is 1.65 bits per heavy atom. The van der Waals surface area contributed by atoms with Crippen molar-refractivity contribution in [3.05, 3.63) is 33.3 Å². The summed E-state index contributed by atoms with van der Waals surface area (Å²) in [5, 5.41) is 41.3. The van der Waals surface area contributed by atoms with Crippen LogP contribution in [0.2, 0.25) is 10.0 Å². The average molecular weight is 539 g/mol. The van der Waals surface area contributed by atoms with E-state index in [1.54, 1.807) is 6.92 Å². The molecule has 0 unspecified atom stereocenters. The van der Waals surface area contributed by atoms with Gasteiger partial charge in [0.15, 0.2) is 5.82 Å². The van der Waals surface area contributed by atoms with Gasteiger partial charge in [0, 0.05) is 36.9 Å². The number of aliphatic hydroxyl groups is 2. The minimum absolute atomic E-state index is 0. The van der Waals surface area contributed by atoms with Gasteiger partial charge in [-0.3, -0.25) is 0 Å². The molecule has 0 fully saturated rings. The molecule has 0 saturated heterocycles. The van der Waals surface area contributed by atoms with Crippen LogP contribution in [0.25, 0.3) is 0 Å². The van der Waals surface area contributed by atoms with Crippen molar-refractivity contribution in [3.8, 4) is 6.07 Å². The van der Waals surface area contributed by atoms with Gasteiger partial charge >= 0.3 is 29.6 Å². The summed E-state index contributed by atoms with van der Waals surface area (Å²) in [7, 11) is -4.97. The third-order valence-electron chi connectivity index (χ3n) is 4.29. The van der Waals surface area contributed by atoms with Crippen LogP contribution in [0, 0.1) is 18.3 Å². The summed E-state index contributed by atoms with van der Waals surface area (Å²) in [6.07, 6.45) is 0.827. The number of halogens is 2. The molecule has 0 atom stereocenters. The zero-order valence-corrected chi connectivity index (χ0v) is 22.8. The molecule has 0 amide bonds. The summed E-state index contributed by atoms with van der Waals surface area (Å²) in [6.45, 7) is 2.15. The molecule has 1 heterocycles. The number of hydrogen-bond acceptors (Lipinski definition) is 11. The summed E-state index contributed by atoms with van der Waals surface area (Å²) in [5.41, 5.74) is 0.234. The Bertz CT molecular complexity index is 1190. The molecule has 0 radical (unpaired) electrons. The first-order chi connectivity index (χ1) is 15.6. The Morgan fingerprint density at radius 1 is 1.09 bits per heavy atom. The molecule has 2 aromatic rings. The quantitative estimate of drug-likeness (QED) is 0.137. The fourth-order valence-electron chi connectivity index (χ4n) is 2.71. The maximum atomic E-state index is 11.7.